The molecule has 0 rings (SSSR count). The molecule has 0 heterocycles. The molecule has 0 bridgehead atoms. The predicted octanol–water partition coefficient (Wildman–Crippen LogP) is 10.4. The van der Waals surface area contributed by atoms with Gasteiger partial charge in [-0.05, 0) is 0 Å². The van der Waals surface area contributed by atoms with Gasteiger partial charge in [0.1, 0.15) is 0 Å². The summed E-state index contributed by atoms with van der Waals surface area (Å²) in [5, 5.41) is 0. The lowest BCUT2D eigenvalue weighted by molar-refractivity contribution is 0.886. The van der Waals surface area contributed by atoms with Crippen molar-refractivity contribution in [2.45, 2.75) is 144 Å². The van der Waals surface area contributed by atoms with E-state index in [4.69, 9.17) is 0 Å². The normalized spacial score (nSPS) is 4.57. The Labute approximate surface area is 144 Å². The highest BCUT2D eigenvalue weighted by molar-refractivity contribution is 4.13. The van der Waals surface area contributed by atoms with E-state index in [2.05, 4.69) is 27.7 Å². The number of hydrogen-bond acceptors (Lipinski definition) is 0. The largest absolute Gasteiger partial charge is 0.0776 e. The van der Waals surface area contributed by atoms with E-state index in [1.54, 1.807) is 0 Å². The van der Waals surface area contributed by atoms with Crippen molar-refractivity contribution >= 4 is 0 Å². The van der Waals surface area contributed by atoms with E-state index in [0.29, 0.717) is 0 Å². The van der Waals surface area contributed by atoms with E-state index < -0.39 is 0 Å². The summed E-state index contributed by atoms with van der Waals surface area (Å²) in [6.07, 6.45) is 5.28. The minimum atomic E-state index is 0. The fourth-order valence-electron chi connectivity index (χ4n) is 0. The van der Waals surface area contributed by atoms with E-state index in [1.165, 1.54) is 25.7 Å². The molecule has 0 amide bonds. The van der Waals surface area contributed by atoms with Crippen LogP contribution in [0.1, 0.15) is 144 Å². The number of rotatable bonds is 2. The molecule has 0 atom stereocenters. The van der Waals surface area contributed by atoms with Crippen molar-refractivity contribution in [3.63, 3.8) is 0 Å². The second kappa shape index (κ2) is 451. The second-order valence-corrected chi connectivity index (χ2v) is 2.00. The molecule has 0 N–H and O–H groups in total. The Bertz CT molecular complexity index is 8.00. The van der Waals surface area contributed by atoms with Crippen molar-refractivity contribution in [3.8, 4) is 0 Å². The zero-order valence-corrected chi connectivity index (χ0v) is 18.8. The quantitative estimate of drug-likeness (QED) is 0.475. The van der Waals surface area contributed by atoms with Gasteiger partial charge in [0.15, 0.2) is 0 Å². The molecule has 0 aliphatic rings. The van der Waals surface area contributed by atoms with Gasteiger partial charge in [-0.1, -0.05) is 144 Å². The van der Waals surface area contributed by atoms with Crippen LogP contribution < -0.4 is 0 Å². The highest BCUT2D eigenvalue weighted by Crippen LogP contribution is 1.77. The van der Waals surface area contributed by atoms with Gasteiger partial charge in [-0.2, -0.15) is 0 Å². The molecule has 0 spiro atoms. The van der Waals surface area contributed by atoms with Gasteiger partial charge < -0.3 is 0 Å². The summed E-state index contributed by atoms with van der Waals surface area (Å²) in [5.41, 5.74) is 0. The molecule has 0 aromatic rings. The Morgan fingerprint density at radius 3 is 0.333 bits per heavy atom. The highest BCUT2D eigenvalue weighted by atomic mass is 13.6. The average molecular weight is 313 g/mol. The van der Waals surface area contributed by atoms with Gasteiger partial charge in [0.25, 0.3) is 0 Å². The fourth-order valence-corrected chi connectivity index (χ4v) is 0. The molecule has 0 radical (unpaired) electrons. The Balaban J connectivity index is -0.0000000115. The summed E-state index contributed by atoms with van der Waals surface area (Å²) in [6, 6.07) is 0. The second-order valence-electron chi connectivity index (χ2n) is 2.00. The zero-order chi connectivity index (χ0) is 18.8. The van der Waals surface area contributed by atoms with E-state index in [1.807, 2.05) is 83.1 Å². The fraction of sp³-hybridized carbons (Fsp3) is 1.00. The summed E-state index contributed by atoms with van der Waals surface area (Å²) in [7, 11) is 0. The standard InChI is InChI=1S/2C4H10.6C2H6.CH4/c2*1-3-4-2;6*1-2;/h2*3-4H2,1-2H3;6*1-2H3;1H4. The zero-order valence-electron chi connectivity index (χ0n) is 18.8. The average Bonchev–Trinajstić information content (AvgIpc) is 2.65. The summed E-state index contributed by atoms with van der Waals surface area (Å²) < 4.78 is 0. The van der Waals surface area contributed by atoms with E-state index >= 15 is 0 Å². The molecular formula is C21H60. The first-order valence-electron chi connectivity index (χ1n) is 9.83. The molecular weight excluding hydrogens is 252 g/mol. The van der Waals surface area contributed by atoms with Crippen LogP contribution in [-0.2, 0) is 0 Å². The van der Waals surface area contributed by atoms with Crippen LogP contribution in [-0.4, -0.2) is 0 Å². The third-order valence-corrected chi connectivity index (χ3v) is 1.000. The first-order valence-corrected chi connectivity index (χ1v) is 9.83. The van der Waals surface area contributed by atoms with Crippen LogP contribution in [0.25, 0.3) is 0 Å². The monoisotopic (exact) mass is 312 g/mol. The van der Waals surface area contributed by atoms with Crippen molar-refractivity contribution in [3.05, 3.63) is 0 Å². The third-order valence-electron chi connectivity index (χ3n) is 1.000. The van der Waals surface area contributed by atoms with Crippen LogP contribution in [0.3, 0.4) is 0 Å². The smallest absolute Gasteiger partial charge is 0.0564 e. The predicted molar refractivity (Wildman–Crippen MR) is 116 cm³/mol. The topological polar surface area (TPSA) is 0 Å². The van der Waals surface area contributed by atoms with Gasteiger partial charge in [0, 0.05) is 0 Å². The van der Waals surface area contributed by atoms with Crippen molar-refractivity contribution in [1.82, 2.24) is 0 Å². The van der Waals surface area contributed by atoms with Gasteiger partial charge in [0.05, 0.1) is 0 Å². The molecule has 0 unspecified atom stereocenters. The van der Waals surface area contributed by atoms with Gasteiger partial charge in [-0.15, -0.1) is 0 Å². The van der Waals surface area contributed by atoms with Crippen LogP contribution in [0.15, 0.2) is 0 Å². The SMILES string of the molecule is C.CC.CC.CC.CC.CC.CC.CCCC.CCCC. The summed E-state index contributed by atoms with van der Waals surface area (Å²) in [5.74, 6) is 0. The van der Waals surface area contributed by atoms with Crippen molar-refractivity contribution in [2.75, 3.05) is 0 Å². The maximum Gasteiger partial charge on any atom is -0.0564 e. The van der Waals surface area contributed by atoms with Gasteiger partial charge in [0.2, 0.25) is 0 Å². The van der Waals surface area contributed by atoms with Gasteiger partial charge in [-0.3, -0.25) is 0 Å². The molecule has 0 aliphatic carbocycles. The van der Waals surface area contributed by atoms with Crippen LogP contribution in [0.4, 0.5) is 0 Å². The maximum absolute atomic E-state index is 2.18. The lowest BCUT2D eigenvalue weighted by Gasteiger charge is -1.68. The lowest BCUT2D eigenvalue weighted by Crippen LogP contribution is -1.47. The van der Waals surface area contributed by atoms with Crippen LogP contribution in [0, 0.1) is 0 Å². The van der Waals surface area contributed by atoms with E-state index in [0.717, 1.165) is 0 Å². The summed E-state index contributed by atoms with van der Waals surface area (Å²) in [4.78, 5) is 0. The minimum absolute atomic E-state index is 0. The van der Waals surface area contributed by atoms with Crippen LogP contribution in [0.5, 0.6) is 0 Å². The summed E-state index contributed by atoms with van der Waals surface area (Å²) >= 11 is 0. The molecule has 0 nitrogen and oxygen atoms in total. The molecule has 0 aliphatic heterocycles. The van der Waals surface area contributed by atoms with Crippen molar-refractivity contribution in [1.29, 1.82) is 0 Å². The minimum Gasteiger partial charge on any atom is -0.0776 e. The highest BCUT2D eigenvalue weighted by Gasteiger charge is 1.56. The molecule has 0 fully saturated rings. The van der Waals surface area contributed by atoms with E-state index in [9.17, 15) is 0 Å². The van der Waals surface area contributed by atoms with Crippen LogP contribution in [0.2, 0.25) is 0 Å². The first kappa shape index (κ1) is 58.3. The number of unbranched alkanes of at least 4 members (excludes halogenated alkanes) is 2. The molecule has 0 saturated carbocycles. The van der Waals surface area contributed by atoms with Gasteiger partial charge in [-0.25, -0.2) is 0 Å². The van der Waals surface area contributed by atoms with Gasteiger partial charge >= 0.3 is 0 Å². The maximum atomic E-state index is 2.18. The third kappa shape index (κ3) is 1620. The van der Waals surface area contributed by atoms with Crippen molar-refractivity contribution in [2.24, 2.45) is 0 Å². The Kier molecular flexibility index (Phi) is 1250. The molecule has 144 valence electrons. The Hall–Kier alpha value is 0. The number of hydrogen-bond donors (Lipinski definition) is 0. The Morgan fingerprint density at radius 2 is 0.333 bits per heavy atom. The molecule has 0 aromatic heterocycles. The molecule has 0 heteroatoms. The molecule has 21 heavy (non-hydrogen) atoms. The van der Waals surface area contributed by atoms with Crippen molar-refractivity contribution < 1.29 is 0 Å². The molecule has 0 saturated heterocycles. The lowest BCUT2D eigenvalue weighted by atomic mass is 10.4. The molecule has 0 aromatic carbocycles. The van der Waals surface area contributed by atoms with E-state index in [-0.39, 0.29) is 7.43 Å². The Morgan fingerprint density at radius 1 is 0.286 bits per heavy atom. The summed E-state index contributed by atoms with van der Waals surface area (Å²) in [6.45, 7) is 32.7. The van der Waals surface area contributed by atoms with Crippen LogP contribution >= 0.6 is 0 Å². The first-order chi connectivity index (χ1) is 9.83.